The highest BCUT2D eigenvalue weighted by atomic mass is 19.1. The van der Waals surface area contributed by atoms with Crippen molar-refractivity contribution in [3.63, 3.8) is 0 Å². The summed E-state index contributed by atoms with van der Waals surface area (Å²) in [5.74, 6) is -0.561. The van der Waals surface area contributed by atoms with Crippen LogP contribution in [0.25, 0.3) is 16.9 Å². The molecule has 7 heteroatoms. The minimum atomic E-state index is -0.636. The van der Waals surface area contributed by atoms with E-state index in [-0.39, 0.29) is 30.2 Å². The smallest absolute Gasteiger partial charge is 0.282 e. The third kappa shape index (κ3) is 4.57. The fourth-order valence-electron chi connectivity index (χ4n) is 2.87. The number of benzene rings is 2. The Morgan fingerprint density at radius 2 is 1.93 bits per heavy atom. The van der Waals surface area contributed by atoms with E-state index < -0.39 is 17.2 Å². The van der Waals surface area contributed by atoms with Crippen LogP contribution in [0.4, 0.5) is 4.39 Å². The molecule has 0 radical (unpaired) electrons. The van der Waals surface area contributed by atoms with Gasteiger partial charge in [0.25, 0.3) is 5.56 Å². The lowest BCUT2D eigenvalue weighted by Gasteiger charge is -2.12. The Kier molecular flexibility index (Phi) is 6.19. The van der Waals surface area contributed by atoms with Crippen LogP contribution >= 0.6 is 0 Å². The van der Waals surface area contributed by atoms with Gasteiger partial charge in [-0.05, 0) is 54.4 Å². The summed E-state index contributed by atoms with van der Waals surface area (Å²) in [7, 11) is 1.55. The topological polar surface area (TPSA) is 81.4 Å². The summed E-state index contributed by atoms with van der Waals surface area (Å²) in [6, 6.07) is 13.9. The van der Waals surface area contributed by atoms with E-state index in [4.69, 9.17) is 4.74 Å². The number of rotatable bonds is 7. The van der Waals surface area contributed by atoms with Gasteiger partial charge in [0.1, 0.15) is 11.6 Å². The van der Waals surface area contributed by atoms with Gasteiger partial charge in [0.15, 0.2) is 5.78 Å². The zero-order chi connectivity index (χ0) is 21.0. The van der Waals surface area contributed by atoms with Gasteiger partial charge in [-0.3, -0.25) is 9.59 Å². The van der Waals surface area contributed by atoms with E-state index in [1.54, 1.807) is 44.4 Å². The molecule has 3 rings (SSSR count). The number of ether oxygens (including phenoxy) is 1. The molecule has 1 atom stereocenters. The number of methoxy groups -OCH3 is 1. The molecule has 2 aromatic carbocycles. The summed E-state index contributed by atoms with van der Waals surface area (Å²) in [6.07, 6.45) is 0.0148. The monoisotopic (exact) mass is 396 g/mol. The van der Waals surface area contributed by atoms with Crippen LogP contribution in [-0.4, -0.2) is 34.4 Å². The number of carbonyl (C=O) groups excluding carboxylic acids is 1. The molecule has 0 amide bonds. The molecule has 0 saturated carbocycles. The standard InChI is InChI=1S/C22H21FN2O4/c1-14(13-26)10-21(27)19-12-20(15-6-8-18(29-2)9-7-15)24-25(22(19)28)17-5-3-4-16(23)11-17/h3-9,11-12,14,26H,10,13H2,1-2H3/t14-/m1/s1. The van der Waals surface area contributed by atoms with Crippen LogP contribution < -0.4 is 10.3 Å². The van der Waals surface area contributed by atoms with Gasteiger partial charge in [-0.25, -0.2) is 4.39 Å². The minimum Gasteiger partial charge on any atom is -0.497 e. The number of aromatic nitrogens is 2. The summed E-state index contributed by atoms with van der Waals surface area (Å²) in [4.78, 5) is 25.7. The van der Waals surface area contributed by atoms with Gasteiger partial charge >= 0.3 is 0 Å². The molecule has 0 bridgehead atoms. The van der Waals surface area contributed by atoms with Crippen LogP contribution in [0, 0.1) is 11.7 Å². The molecule has 29 heavy (non-hydrogen) atoms. The lowest BCUT2D eigenvalue weighted by Crippen LogP contribution is -2.28. The van der Waals surface area contributed by atoms with E-state index in [0.717, 1.165) is 4.68 Å². The first-order chi connectivity index (χ1) is 13.9. The molecule has 0 saturated heterocycles. The normalized spacial score (nSPS) is 11.9. The highest BCUT2D eigenvalue weighted by molar-refractivity contribution is 5.96. The summed E-state index contributed by atoms with van der Waals surface area (Å²) < 4.78 is 19.9. The van der Waals surface area contributed by atoms with Gasteiger partial charge in [-0.15, -0.1) is 0 Å². The predicted molar refractivity (Wildman–Crippen MR) is 107 cm³/mol. The molecular weight excluding hydrogens is 375 g/mol. The molecule has 6 nitrogen and oxygen atoms in total. The molecule has 0 spiro atoms. The van der Waals surface area contributed by atoms with Gasteiger partial charge < -0.3 is 9.84 Å². The van der Waals surface area contributed by atoms with Crippen LogP contribution in [0.3, 0.4) is 0 Å². The van der Waals surface area contributed by atoms with Crippen LogP contribution in [-0.2, 0) is 0 Å². The predicted octanol–water partition coefficient (Wildman–Crippen LogP) is 3.25. The molecular formula is C22H21FN2O4. The molecule has 3 aromatic rings. The number of ketones is 1. The fourth-order valence-corrected chi connectivity index (χ4v) is 2.87. The summed E-state index contributed by atoms with van der Waals surface area (Å²) >= 11 is 0. The van der Waals surface area contributed by atoms with Gasteiger partial charge in [0, 0.05) is 18.6 Å². The van der Waals surface area contributed by atoms with Crippen molar-refractivity contribution in [2.75, 3.05) is 13.7 Å². The first-order valence-corrected chi connectivity index (χ1v) is 9.11. The highest BCUT2D eigenvalue weighted by Gasteiger charge is 2.19. The molecule has 1 N–H and O–H groups in total. The quantitative estimate of drug-likeness (QED) is 0.620. The Morgan fingerprint density at radius 1 is 1.21 bits per heavy atom. The van der Waals surface area contributed by atoms with Crippen molar-refractivity contribution < 1.29 is 19.0 Å². The number of aliphatic hydroxyl groups is 1. The van der Waals surface area contributed by atoms with E-state index in [1.165, 1.54) is 24.3 Å². The van der Waals surface area contributed by atoms with E-state index in [1.807, 2.05) is 0 Å². The number of Topliss-reactive ketones (excluding diaryl/α,β-unsaturated/α-hetero) is 1. The van der Waals surface area contributed by atoms with Crippen molar-refractivity contribution in [2.24, 2.45) is 5.92 Å². The number of aliphatic hydroxyl groups excluding tert-OH is 1. The van der Waals surface area contributed by atoms with Gasteiger partial charge in [0.05, 0.1) is 24.1 Å². The van der Waals surface area contributed by atoms with Crippen molar-refractivity contribution in [1.82, 2.24) is 9.78 Å². The van der Waals surface area contributed by atoms with Gasteiger partial charge in [-0.2, -0.15) is 9.78 Å². The first-order valence-electron chi connectivity index (χ1n) is 9.11. The maximum atomic E-state index is 13.7. The Hall–Kier alpha value is -3.32. The molecule has 0 aliphatic heterocycles. The van der Waals surface area contributed by atoms with Crippen LogP contribution in [0.15, 0.2) is 59.4 Å². The van der Waals surface area contributed by atoms with Crippen molar-refractivity contribution in [2.45, 2.75) is 13.3 Å². The Balaban J connectivity index is 2.18. The molecule has 150 valence electrons. The van der Waals surface area contributed by atoms with Crippen LogP contribution in [0.5, 0.6) is 5.75 Å². The zero-order valence-corrected chi connectivity index (χ0v) is 16.1. The minimum absolute atomic E-state index is 0.0148. The molecule has 1 heterocycles. The average Bonchev–Trinajstić information content (AvgIpc) is 2.73. The second kappa shape index (κ2) is 8.79. The van der Waals surface area contributed by atoms with E-state index in [0.29, 0.717) is 17.0 Å². The summed E-state index contributed by atoms with van der Waals surface area (Å²) in [6.45, 7) is 1.55. The lowest BCUT2D eigenvalue weighted by atomic mass is 10.00. The largest absolute Gasteiger partial charge is 0.497 e. The Bertz CT molecular complexity index is 1080. The van der Waals surface area contributed by atoms with Crippen molar-refractivity contribution in [3.8, 4) is 22.7 Å². The van der Waals surface area contributed by atoms with Crippen molar-refractivity contribution >= 4 is 5.78 Å². The van der Waals surface area contributed by atoms with Crippen LogP contribution in [0.1, 0.15) is 23.7 Å². The van der Waals surface area contributed by atoms with E-state index in [9.17, 15) is 19.1 Å². The molecule has 0 unspecified atom stereocenters. The van der Waals surface area contributed by atoms with Gasteiger partial charge in [0.2, 0.25) is 0 Å². The number of carbonyl (C=O) groups is 1. The Labute approximate surface area is 167 Å². The first kappa shape index (κ1) is 20.4. The molecule has 0 aliphatic carbocycles. The lowest BCUT2D eigenvalue weighted by molar-refractivity contribution is 0.0941. The second-order valence-electron chi connectivity index (χ2n) is 6.78. The van der Waals surface area contributed by atoms with E-state index in [2.05, 4.69) is 5.10 Å². The fraction of sp³-hybridized carbons (Fsp3) is 0.227. The second-order valence-corrected chi connectivity index (χ2v) is 6.78. The van der Waals surface area contributed by atoms with E-state index >= 15 is 0 Å². The SMILES string of the molecule is COc1ccc(-c2cc(C(=O)C[C@@H](C)CO)c(=O)n(-c3cccc(F)c3)n2)cc1. The maximum absolute atomic E-state index is 13.7. The number of nitrogens with zero attached hydrogens (tertiary/aromatic N) is 2. The summed E-state index contributed by atoms with van der Waals surface area (Å²) in [5, 5.41) is 13.6. The molecule has 0 fully saturated rings. The maximum Gasteiger partial charge on any atom is 0.282 e. The number of hydrogen-bond acceptors (Lipinski definition) is 5. The Morgan fingerprint density at radius 3 is 2.55 bits per heavy atom. The van der Waals surface area contributed by atoms with Crippen molar-refractivity contribution in [1.29, 1.82) is 0 Å². The zero-order valence-electron chi connectivity index (χ0n) is 16.1. The molecule has 1 aromatic heterocycles. The number of halogens is 1. The third-order valence-electron chi connectivity index (χ3n) is 4.50. The average molecular weight is 396 g/mol. The third-order valence-corrected chi connectivity index (χ3v) is 4.50. The summed E-state index contributed by atoms with van der Waals surface area (Å²) in [5.41, 5.74) is 0.574. The van der Waals surface area contributed by atoms with Crippen LogP contribution in [0.2, 0.25) is 0 Å². The van der Waals surface area contributed by atoms with Gasteiger partial charge in [-0.1, -0.05) is 13.0 Å². The molecule has 0 aliphatic rings. The number of hydrogen-bond donors (Lipinski definition) is 1. The van der Waals surface area contributed by atoms with Crippen molar-refractivity contribution in [3.05, 3.63) is 76.3 Å². The highest BCUT2D eigenvalue weighted by Crippen LogP contribution is 2.22.